The number of hydrogen-bond donors (Lipinski definition) is 2. The molecule has 4 nitrogen and oxygen atoms in total. The zero-order valence-electron chi connectivity index (χ0n) is 11.9. The molecular weight excluding hydrogens is 272 g/mol. The molecule has 1 aliphatic heterocycles. The van der Waals surface area contributed by atoms with Crippen LogP contribution in [0, 0.1) is 17.3 Å². The van der Waals surface area contributed by atoms with Crippen molar-refractivity contribution in [2.75, 3.05) is 18.2 Å². The lowest BCUT2D eigenvalue weighted by atomic mass is 9.46. The molecule has 5 heteroatoms. The Morgan fingerprint density at radius 1 is 1.30 bits per heavy atom. The van der Waals surface area contributed by atoms with Gasteiger partial charge >= 0.3 is 0 Å². The lowest BCUT2D eigenvalue weighted by Crippen LogP contribution is -2.64. The first kappa shape index (κ1) is 13.4. The van der Waals surface area contributed by atoms with Crippen molar-refractivity contribution in [3.8, 4) is 0 Å². The second-order valence-corrected chi connectivity index (χ2v) is 8.74. The van der Waals surface area contributed by atoms with Crippen molar-refractivity contribution >= 4 is 17.7 Å². The van der Waals surface area contributed by atoms with Gasteiger partial charge in [-0.15, -0.1) is 11.8 Å². The Kier molecular flexibility index (Phi) is 2.93. The molecule has 1 saturated heterocycles. The zero-order valence-corrected chi connectivity index (χ0v) is 12.7. The van der Waals surface area contributed by atoms with Gasteiger partial charge in [-0.3, -0.25) is 4.79 Å². The molecule has 0 aromatic rings. The maximum atomic E-state index is 12.7. The Bertz CT molecular complexity index is 422. The van der Waals surface area contributed by atoms with E-state index in [0.717, 1.165) is 50.3 Å². The summed E-state index contributed by atoms with van der Waals surface area (Å²) in [5.74, 6) is 3.13. The number of rotatable bonds is 2. The van der Waals surface area contributed by atoms with E-state index in [-0.39, 0.29) is 11.3 Å². The van der Waals surface area contributed by atoms with Gasteiger partial charge in [0.05, 0.1) is 17.5 Å². The van der Waals surface area contributed by atoms with Crippen LogP contribution in [0.3, 0.4) is 0 Å². The zero-order chi connectivity index (χ0) is 14.0. The molecule has 5 fully saturated rings. The van der Waals surface area contributed by atoms with Crippen LogP contribution in [0.15, 0.2) is 0 Å². The van der Waals surface area contributed by atoms with Crippen LogP contribution >= 0.6 is 11.8 Å². The fourth-order valence-corrected chi connectivity index (χ4v) is 6.65. The van der Waals surface area contributed by atoms with Gasteiger partial charge in [0.1, 0.15) is 0 Å². The van der Waals surface area contributed by atoms with Gasteiger partial charge in [0.2, 0.25) is 5.91 Å². The summed E-state index contributed by atoms with van der Waals surface area (Å²) in [6.07, 6.45) is 5.97. The maximum Gasteiger partial charge on any atom is 0.240 e. The van der Waals surface area contributed by atoms with E-state index in [1.54, 1.807) is 11.8 Å². The minimum Gasteiger partial charge on any atom is -0.390 e. The molecule has 3 atom stereocenters. The van der Waals surface area contributed by atoms with Crippen LogP contribution in [0.4, 0.5) is 0 Å². The van der Waals surface area contributed by atoms with Gasteiger partial charge in [0.15, 0.2) is 0 Å². The lowest BCUT2D eigenvalue weighted by molar-refractivity contribution is -0.176. The number of nitrogens with zero attached hydrogens (tertiary/aromatic N) is 1. The second-order valence-electron chi connectivity index (χ2n) is 7.66. The van der Waals surface area contributed by atoms with Gasteiger partial charge in [0, 0.05) is 12.3 Å². The van der Waals surface area contributed by atoms with Crippen molar-refractivity contribution in [2.45, 2.75) is 50.2 Å². The van der Waals surface area contributed by atoms with E-state index in [2.05, 4.69) is 0 Å². The third-order valence-electron chi connectivity index (χ3n) is 6.07. The summed E-state index contributed by atoms with van der Waals surface area (Å²) in [6.45, 7) is 0.838. The Labute approximate surface area is 124 Å². The van der Waals surface area contributed by atoms with E-state index < -0.39 is 11.6 Å². The molecule has 1 amide bonds. The number of nitrogens with two attached hydrogens (primary N) is 1. The first-order valence-electron chi connectivity index (χ1n) is 7.84. The molecule has 112 valence electrons. The molecule has 4 aliphatic carbocycles. The molecule has 0 aromatic carbocycles. The van der Waals surface area contributed by atoms with Crippen LogP contribution in [-0.4, -0.2) is 45.7 Å². The van der Waals surface area contributed by atoms with Crippen LogP contribution in [-0.2, 0) is 4.79 Å². The van der Waals surface area contributed by atoms with Crippen molar-refractivity contribution < 1.29 is 9.90 Å². The summed E-state index contributed by atoms with van der Waals surface area (Å²) in [4.78, 5) is 14.6. The number of thioether (sulfide) groups is 1. The third-order valence-corrected chi connectivity index (χ3v) is 7.03. The van der Waals surface area contributed by atoms with Crippen molar-refractivity contribution in [1.29, 1.82) is 0 Å². The molecule has 0 aromatic heterocycles. The molecule has 3 N–H and O–H groups in total. The SMILES string of the molecule is N[C@H](C(=O)N1CCSC1)C12CC3CC(CC(O)(C3)C1)C2. The molecule has 0 radical (unpaired) electrons. The summed E-state index contributed by atoms with van der Waals surface area (Å²) < 4.78 is 0. The largest absolute Gasteiger partial charge is 0.390 e. The van der Waals surface area contributed by atoms with Crippen molar-refractivity contribution in [1.82, 2.24) is 4.90 Å². The highest BCUT2D eigenvalue weighted by atomic mass is 32.2. The normalized spacial score (nSPS) is 47.8. The smallest absolute Gasteiger partial charge is 0.240 e. The number of carbonyl (C=O) groups excluding carboxylic acids is 1. The number of hydrogen-bond acceptors (Lipinski definition) is 4. The van der Waals surface area contributed by atoms with Crippen molar-refractivity contribution in [3.63, 3.8) is 0 Å². The Morgan fingerprint density at radius 2 is 2.00 bits per heavy atom. The van der Waals surface area contributed by atoms with Crippen molar-refractivity contribution in [2.24, 2.45) is 23.0 Å². The number of amides is 1. The summed E-state index contributed by atoms with van der Waals surface area (Å²) in [6, 6.07) is -0.404. The Balaban J connectivity index is 1.59. The third kappa shape index (κ3) is 1.93. The minimum absolute atomic E-state index is 0.122. The van der Waals surface area contributed by atoms with Gasteiger partial charge in [-0.25, -0.2) is 0 Å². The molecule has 5 rings (SSSR count). The molecule has 2 unspecified atom stereocenters. The Hall–Kier alpha value is -0.260. The highest BCUT2D eigenvalue weighted by Gasteiger charge is 2.60. The summed E-state index contributed by atoms with van der Waals surface area (Å²) >= 11 is 1.80. The predicted molar refractivity (Wildman–Crippen MR) is 79.1 cm³/mol. The fraction of sp³-hybridized carbons (Fsp3) is 0.933. The average Bonchev–Trinajstić information content (AvgIpc) is 2.87. The molecule has 1 heterocycles. The first-order valence-corrected chi connectivity index (χ1v) is 9.00. The monoisotopic (exact) mass is 296 g/mol. The molecule has 4 saturated carbocycles. The lowest BCUT2D eigenvalue weighted by Gasteiger charge is -2.61. The maximum absolute atomic E-state index is 12.7. The topological polar surface area (TPSA) is 66.6 Å². The molecule has 0 spiro atoms. The van der Waals surface area contributed by atoms with E-state index in [1.165, 1.54) is 6.42 Å². The minimum atomic E-state index is -0.526. The van der Waals surface area contributed by atoms with E-state index in [9.17, 15) is 9.90 Å². The second kappa shape index (κ2) is 4.37. The van der Waals surface area contributed by atoms with Crippen LogP contribution in [0.1, 0.15) is 38.5 Å². The summed E-state index contributed by atoms with van der Waals surface area (Å²) in [5, 5.41) is 10.8. The van der Waals surface area contributed by atoms with Crippen LogP contribution < -0.4 is 5.73 Å². The van der Waals surface area contributed by atoms with Crippen LogP contribution in [0.5, 0.6) is 0 Å². The number of carbonyl (C=O) groups is 1. The molecule has 4 bridgehead atoms. The molecule has 20 heavy (non-hydrogen) atoms. The van der Waals surface area contributed by atoms with Gasteiger partial charge in [-0.1, -0.05) is 0 Å². The highest BCUT2D eigenvalue weighted by Crippen LogP contribution is 2.62. The highest BCUT2D eigenvalue weighted by molar-refractivity contribution is 7.99. The average molecular weight is 296 g/mol. The van der Waals surface area contributed by atoms with Crippen LogP contribution in [0.2, 0.25) is 0 Å². The van der Waals surface area contributed by atoms with Gasteiger partial charge < -0.3 is 15.7 Å². The quantitative estimate of drug-likeness (QED) is 0.803. The van der Waals surface area contributed by atoms with Crippen LogP contribution in [0.25, 0.3) is 0 Å². The van der Waals surface area contributed by atoms with E-state index in [0.29, 0.717) is 11.8 Å². The first-order chi connectivity index (χ1) is 9.50. The standard InChI is InChI=1S/C15H24N2O2S/c16-12(13(18)17-1-2-20-9-17)14-4-10-3-11(5-14)7-15(19,6-10)8-14/h10-12,19H,1-9,16H2/t10?,11?,12-,14?,15?/m1/s1. The van der Waals surface area contributed by atoms with E-state index in [4.69, 9.17) is 5.73 Å². The Morgan fingerprint density at radius 3 is 2.55 bits per heavy atom. The van der Waals surface area contributed by atoms with Gasteiger partial charge in [0.25, 0.3) is 0 Å². The molecule has 5 aliphatic rings. The van der Waals surface area contributed by atoms with E-state index >= 15 is 0 Å². The molecular formula is C15H24N2O2S. The van der Waals surface area contributed by atoms with E-state index in [1.807, 2.05) is 4.90 Å². The van der Waals surface area contributed by atoms with Gasteiger partial charge in [-0.2, -0.15) is 0 Å². The van der Waals surface area contributed by atoms with Crippen molar-refractivity contribution in [3.05, 3.63) is 0 Å². The summed E-state index contributed by atoms with van der Waals surface area (Å²) in [7, 11) is 0. The predicted octanol–water partition coefficient (Wildman–Crippen LogP) is 1.18. The summed E-state index contributed by atoms with van der Waals surface area (Å²) in [5.41, 5.74) is 5.80. The van der Waals surface area contributed by atoms with Gasteiger partial charge in [-0.05, 0) is 55.8 Å². The fourth-order valence-electron chi connectivity index (χ4n) is 5.69. The number of aliphatic hydroxyl groups is 1.